The van der Waals surface area contributed by atoms with Crippen molar-refractivity contribution in [3.05, 3.63) is 35.9 Å². The van der Waals surface area contributed by atoms with E-state index in [2.05, 4.69) is 12.2 Å². The van der Waals surface area contributed by atoms with Crippen molar-refractivity contribution < 1.29 is 28.5 Å². The van der Waals surface area contributed by atoms with Crippen LogP contribution in [0.1, 0.15) is 57.9 Å². The maximum absolute atomic E-state index is 11.3. The highest BCUT2D eigenvalue weighted by atomic mass is 16.6. The summed E-state index contributed by atoms with van der Waals surface area (Å²) in [5, 5.41) is 0. The number of benzene rings is 1. The van der Waals surface area contributed by atoms with Gasteiger partial charge in [-0.25, -0.2) is 0 Å². The first kappa shape index (κ1) is 24.3. The Bertz CT molecular complexity index is 680. The Morgan fingerprint density at radius 3 is 1.93 bits per heavy atom. The highest BCUT2D eigenvalue weighted by molar-refractivity contribution is 5.73. The second-order valence-electron chi connectivity index (χ2n) is 6.52. The van der Waals surface area contributed by atoms with Crippen molar-refractivity contribution in [3.8, 4) is 17.2 Å². The van der Waals surface area contributed by atoms with Crippen LogP contribution in [-0.2, 0) is 14.3 Å². The Kier molecular flexibility index (Phi) is 11.9. The molecule has 1 aromatic rings. The molecule has 0 radical (unpaired) electrons. The number of hydrogen-bond donors (Lipinski definition) is 0. The molecule has 1 aromatic carbocycles. The van der Waals surface area contributed by atoms with E-state index in [1.165, 1.54) is 40.9 Å². The summed E-state index contributed by atoms with van der Waals surface area (Å²) in [6.07, 6.45) is 14.7. The molecule has 160 valence electrons. The molecule has 0 aliphatic heterocycles. The molecule has 29 heavy (non-hydrogen) atoms. The zero-order valence-electron chi connectivity index (χ0n) is 17.9. The van der Waals surface area contributed by atoms with E-state index in [0.717, 1.165) is 31.2 Å². The molecule has 0 atom stereocenters. The largest absolute Gasteiger partial charge is 0.493 e. The number of carbonyl (C=O) groups excluding carboxylic acids is 2. The summed E-state index contributed by atoms with van der Waals surface area (Å²) in [5.74, 6) is 0.535. The first-order valence-corrected chi connectivity index (χ1v) is 9.87. The van der Waals surface area contributed by atoms with Crippen LogP contribution in [0, 0.1) is 0 Å². The smallest absolute Gasteiger partial charge is 0.308 e. The van der Waals surface area contributed by atoms with E-state index in [1.807, 2.05) is 24.3 Å². The maximum atomic E-state index is 11.3. The van der Waals surface area contributed by atoms with Crippen LogP contribution in [-0.4, -0.2) is 32.8 Å². The van der Waals surface area contributed by atoms with Gasteiger partial charge in [-0.1, -0.05) is 37.1 Å². The van der Waals surface area contributed by atoms with Gasteiger partial charge in [-0.3, -0.25) is 9.59 Å². The number of esters is 2. The Balaban J connectivity index is 2.37. The lowest BCUT2D eigenvalue weighted by Gasteiger charge is -2.13. The maximum Gasteiger partial charge on any atom is 0.308 e. The monoisotopic (exact) mass is 404 g/mol. The lowest BCUT2D eigenvalue weighted by Crippen LogP contribution is -2.05. The molecule has 0 unspecified atom stereocenters. The Labute approximate surface area is 173 Å². The lowest BCUT2D eigenvalue weighted by atomic mass is 10.1. The van der Waals surface area contributed by atoms with Crippen molar-refractivity contribution >= 4 is 18.0 Å². The van der Waals surface area contributed by atoms with Crippen molar-refractivity contribution in [2.75, 3.05) is 20.8 Å². The van der Waals surface area contributed by atoms with Gasteiger partial charge in [-0.15, -0.1) is 0 Å². The molecular formula is C23H32O6. The molecule has 0 aliphatic carbocycles. The van der Waals surface area contributed by atoms with Crippen LogP contribution >= 0.6 is 0 Å². The van der Waals surface area contributed by atoms with E-state index in [9.17, 15) is 9.59 Å². The van der Waals surface area contributed by atoms with Gasteiger partial charge in [0.2, 0.25) is 5.75 Å². The predicted molar refractivity (Wildman–Crippen MR) is 113 cm³/mol. The first-order valence-electron chi connectivity index (χ1n) is 9.87. The summed E-state index contributed by atoms with van der Waals surface area (Å²) in [6, 6.07) is 3.64. The molecule has 0 bridgehead atoms. The molecule has 0 aliphatic rings. The molecule has 1 rings (SSSR count). The van der Waals surface area contributed by atoms with Crippen molar-refractivity contribution in [2.45, 2.75) is 52.4 Å². The van der Waals surface area contributed by atoms with E-state index in [0.29, 0.717) is 23.9 Å². The van der Waals surface area contributed by atoms with Crippen molar-refractivity contribution in [1.29, 1.82) is 0 Å². The highest BCUT2D eigenvalue weighted by Crippen LogP contribution is 2.39. The third-order valence-electron chi connectivity index (χ3n) is 4.08. The van der Waals surface area contributed by atoms with Crippen LogP contribution in [0.3, 0.4) is 0 Å². The first-order chi connectivity index (χ1) is 14.0. The van der Waals surface area contributed by atoms with E-state index < -0.39 is 5.97 Å². The topological polar surface area (TPSA) is 71.1 Å². The number of methoxy groups -OCH3 is 2. The van der Waals surface area contributed by atoms with E-state index in [-0.39, 0.29) is 5.97 Å². The van der Waals surface area contributed by atoms with Crippen LogP contribution in [0.2, 0.25) is 0 Å². The number of unbranched alkanes of at least 4 members (excludes halogenated alkanes) is 5. The lowest BCUT2D eigenvalue weighted by molar-refractivity contribution is -0.139. The molecule has 0 N–H and O–H groups in total. The SMILES string of the molecule is COc1cc(/C=C\CCCCCC/C=C\COC(C)=O)cc(OC)c1OC(C)=O. The van der Waals surface area contributed by atoms with Gasteiger partial charge in [0.1, 0.15) is 6.61 Å². The minimum Gasteiger partial charge on any atom is -0.493 e. The summed E-state index contributed by atoms with van der Waals surface area (Å²) in [4.78, 5) is 21.9. The number of ether oxygens (including phenoxy) is 4. The van der Waals surface area contributed by atoms with Gasteiger partial charge in [0.15, 0.2) is 11.5 Å². The van der Waals surface area contributed by atoms with Crippen molar-refractivity contribution in [1.82, 2.24) is 0 Å². The molecule has 0 aromatic heterocycles. The zero-order chi connectivity index (χ0) is 21.5. The second-order valence-corrected chi connectivity index (χ2v) is 6.52. The summed E-state index contributed by atoms with van der Waals surface area (Å²) in [5.41, 5.74) is 0.924. The minimum absolute atomic E-state index is 0.250. The van der Waals surface area contributed by atoms with Crippen LogP contribution < -0.4 is 14.2 Å². The van der Waals surface area contributed by atoms with E-state index in [1.54, 1.807) is 0 Å². The van der Waals surface area contributed by atoms with Gasteiger partial charge in [-0.2, -0.15) is 0 Å². The fourth-order valence-corrected chi connectivity index (χ4v) is 2.69. The van der Waals surface area contributed by atoms with E-state index >= 15 is 0 Å². The Morgan fingerprint density at radius 2 is 1.41 bits per heavy atom. The molecule has 0 spiro atoms. The molecule has 0 fully saturated rings. The predicted octanol–water partition coefficient (Wildman–Crippen LogP) is 5.10. The Hall–Kier alpha value is -2.76. The molecule has 0 saturated heterocycles. The van der Waals surface area contributed by atoms with Gasteiger partial charge in [0.25, 0.3) is 0 Å². The van der Waals surface area contributed by atoms with Crippen LogP contribution in [0.25, 0.3) is 6.08 Å². The summed E-state index contributed by atoms with van der Waals surface area (Å²) in [6.45, 7) is 3.11. The molecule has 0 saturated carbocycles. The van der Waals surface area contributed by atoms with Crippen LogP contribution in [0.15, 0.2) is 30.4 Å². The minimum atomic E-state index is -0.426. The van der Waals surface area contributed by atoms with Gasteiger partial charge in [0.05, 0.1) is 14.2 Å². The number of allylic oxidation sites excluding steroid dienone is 2. The average Bonchev–Trinajstić information content (AvgIpc) is 2.68. The van der Waals surface area contributed by atoms with Gasteiger partial charge in [-0.05, 0) is 43.4 Å². The fourth-order valence-electron chi connectivity index (χ4n) is 2.69. The number of carbonyl (C=O) groups is 2. The second kappa shape index (κ2) is 14.3. The zero-order valence-corrected chi connectivity index (χ0v) is 17.9. The van der Waals surface area contributed by atoms with Crippen molar-refractivity contribution in [3.63, 3.8) is 0 Å². The summed E-state index contributed by atoms with van der Waals surface area (Å²) in [7, 11) is 3.06. The van der Waals surface area contributed by atoms with Crippen LogP contribution in [0.4, 0.5) is 0 Å². The fraction of sp³-hybridized carbons (Fsp3) is 0.478. The van der Waals surface area contributed by atoms with Crippen LogP contribution in [0.5, 0.6) is 17.2 Å². The van der Waals surface area contributed by atoms with E-state index in [4.69, 9.17) is 18.9 Å². The summed E-state index contributed by atoms with van der Waals surface area (Å²) < 4.78 is 20.7. The third-order valence-corrected chi connectivity index (χ3v) is 4.08. The standard InChI is InChI=1S/C23H32O6/c1-18(24)28-15-13-11-9-7-5-6-8-10-12-14-20-16-21(26-3)23(29-19(2)25)22(17-20)27-4/h11-14,16-17H,5-10,15H2,1-4H3/b13-11-,14-12-. The average molecular weight is 405 g/mol. The van der Waals surface area contributed by atoms with Gasteiger partial charge in [0, 0.05) is 13.8 Å². The highest BCUT2D eigenvalue weighted by Gasteiger charge is 2.15. The molecular weight excluding hydrogens is 372 g/mol. The molecule has 6 nitrogen and oxygen atoms in total. The molecule has 6 heteroatoms. The Morgan fingerprint density at radius 1 is 0.828 bits per heavy atom. The third kappa shape index (κ3) is 10.4. The number of hydrogen-bond acceptors (Lipinski definition) is 6. The number of rotatable bonds is 13. The van der Waals surface area contributed by atoms with Gasteiger partial charge < -0.3 is 18.9 Å². The normalized spacial score (nSPS) is 11.0. The van der Waals surface area contributed by atoms with Crippen molar-refractivity contribution in [2.24, 2.45) is 0 Å². The molecule has 0 heterocycles. The molecule has 0 amide bonds. The summed E-state index contributed by atoms with van der Waals surface area (Å²) >= 11 is 0. The quantitative estimate of drug-likeness (QED) is 0.197. The van der Waals surface area contributed by atoms with Gasteiger partial charge >= 0.3 is 11.9 Å².